The first-order chi connectivity index (χ1) is 12.7. The van der Waals surface area contributed by atoms with Crippen molar-refractivity contribution in [2.45, 2.75) is 32.1 Å². The summed E-state index contributed by atoms with van der Waals surface area (Å²) in [5.41, 5.74) is 1.44. The van der Waals surface area contributed by atoms with Gasteiger partial charge in [-0.15, -0.1) is 0 Å². The Bertz CT molecular complexity index is 743. The molecule has 5 nitrogen and oxygen atoms in total. The molecular weight excluding hydrogens is 333 g/mol. The molecular formula is C20H24FN3O2. The monoisotopic (exact) mass is 357 g/mol. The zero-order valence-corrected chi connectivity index (χ0v) is 15.0. The van der Waals surface area contributed by atoms with Crippen LogP contribution in [0.1, 0.15) is 31.2 Å². The van der Waals surface area contributed by atoms with Crippen molar-refractivity contribution in [1.29, 1.82) is 0 Å². The number of amides is 1. The van der Waals surface area contributed by atoms with Gasteiger partial charge in [-0.3, -0.25) is 4.79 Å². The van der Waals surface area contributed by atoms with Crippen LogP contribution in [-0.2, 0) is 11.2 Å². The maximum atomic E-state index is 13.7. The van der Waals surface area contributed by atoms with Crippen LogP contribution in [0.15, 0.2) is 36.5 Å². The molecule has 1 fully saturated rings. The minimum atomic E-state index is -0.414. The van der Waals surface area contributed by atoms with Crippen molar-refractivity contribution < 1.29 is 13.9 Å². The van der Waals surface area contributed by atoms with Crippen molar-refractivity contribution in [3.63, 3.8) is 0 Å². The molecule has 0 aliphatic carbocycles. The largest absolute Gasteiger partial charge is 0.494 e. The Labute approximate surface area is 153 Å². The number of carbonyl (C=O) groups is 1. The molecule has 138 valence electrons. The average Bonchev–Trinajstić information content (AvgIpc) is 2.68. The summed E-state index contributed by atoms with van der Waals surface area (Å²) >= 11 is 0. The third-order valence-electron chi connectivity index (χ3n) is 4.57. The van der Waals surface area contributed by atoms with Crippen LogP contribution in [-0.4, -0.2) is 31.1 Å². The fourth-order valence-electron chi connectivity index (χ4n) is 3.12. The average molecular weight is 357 g/mol. The van der Waals surface area contributed by atoms with Crippen LogP contribution < -0.4 is 15.0 Å². The second-order valence-corrected chi connectivity index (χ2v) is 6.47. The lowest BCUT2D eigenvalue weighted by Crippen LogP contribution is -2.30. The normalized spacial score (nSPS) is 14.2. The summed E-state index contributed by atoms with van der Waals surface area (Å²) in [5, 5.41) is 2.84. The summed E-state index contributed by atoms with van der Waals surface area (Å²) in [4.78, 5) is 18.8. The Morgan fingerprint density at radius 2 is 2.04 bits per heavy atom. The molecule has 1 amide bonds. The highest BCUT2D eigenvalue weighted by molar-refractivity contribution is 5.90. The maximum absolute atomic E-state index is 13.7. The number of pyridine rings is 1. The van der Waals surface area contributed by atoms with Crippen molar-refractivity contribution >= 4 is 17.4 Å². The van der Waals surface area contributed by atoms with Crippen LogP contribution in [0.5, 0.6) is 5.75 Å². The Morgan fingerprint density at radius 1 is 1.23 bits per heavy atom. The molecule has 3 rings (SSSR count). The SMILES string of the molecule is COc1ccc(CCC(=O)Nc2ccc(N3CCCCC3)nc2)cc1F. The molecule has 1 saturated heterocycles. The molecule has 0 bridgehead atoms. The van der Waals surface area contributed by atoms with Gasteiger partial charge in [-0.05, 0) is 55.5 Å². The summed E-state index contributed by atoms with van der Waals surface area (Å²) in [6.07, 6.45) is 6.11. The highest BCUT2D eigenvalue weighted by Crippen LogP contribution is 2.20. The summed E-state index contributed by atoms with van der Waals surface area (Å²) in [7, 11) is 1.43. The molecule has 1 aromatic heterocycles. The molecule has 26 heavy (non-hydrogen) atoms. The quantitative estimate of drug-likeness (QED) is 0.855. The van der Waals surface area contributed by atoms with Gasteiger partial charge < -0.3 is 15.0 Å². The molecule has 1 N–H and O–H groups in total. The molecule has 0 atom stereocenters. The number of hydrogen-bond donors (Lipinski definition) is 1. The van der Waals surface area contributed by atoms with E-state index < -0.39 is 5.82 Å². The number of nitrogens with zero attached hydrogens (tertiary/aromatic N) is 2. The van der Waals surface area contributed by atoms with Crippen LogP contribution in [0.2, 0.25) is 0 Å². The number of rotatable bonds is 6. The molecule has 2 aromatic rings. The van der Waals surface area contributed by atoms with Crippen LogP contribution >= 0.6 is 0 Å². The van der Waals surface area contributed by atoms with Gasteiger partial charge >= 0.3 is 0 Å². The summed E-state index contributed by atoms with van der Waals surface area (Å²) in [5.74, 6) is 0.631. The lowest BCUT2D eigenvalue weighted by molar-refractivity contribution is -0.116. The van der Waals surface area contributed by atoms with Crippen LogP contribution in [0.3, 0.4) is 0 Å². The molecule has 1 aliphatic rings. The Hall–Kier alpha value is -2.63. The van der Waals surface area contributed by atoms with Crippen molar-refractivity contribution in [1.82, 2.24) is 4.98 Å². The first kappa shape index (κ1) is 18.2. The second kappa shape index (κ2) is 8.65. The van der Waals surface area contributed by atoms with Gasteiger partial charge in [0.05, 0.1) is 19.0 Å². The van der Waals surface area contributed by atoms with Crippen LogP contribution in [0, 0.1) is 5.82 Å². The van der Waals surface area contributed by atoms with Gasteiger partial charge in [0.15, 0.2) is 11.6 Å². The lowest BCUT2D eigenvalue weighted by Gasteiger charge is -2.27. The third-order valence-corrected chi connectivity index (χ3v) is 4.57. The number of nitrogens with one attached hydrogen (secondary N) is 1. The van der Waals surface area contributed by atoms with E-state index in [1.807, 2.05) is 12.1 Å². The fourth-order valence-corrected chi connectivity index (χ4v) is 3.12. The summed E-state index contributed by atoms with van der Waals surface area (Å²) in [6.45, 7) is 2.08. The van der Waals surface area contributed by atoms with Crippen molar-refractivity contribution in [2.24, 2.45) is 0 Å². The number of anilines is 2. The van der Waals surface area contributed by atoms with Crippen molar-refractivity contribution in [2.75, 3.05) is 30.4 Å². The lowest BCUT2D eigenvalue weighted by atomic mass is 10.1. The molecule has 0 radical (unpaired) electrons. The molecule has 0 saturated carbocycles. The molecule has 1 aliphatic heterocycles. The third kappa shape index (κ3) is 4.71. The number of halogens is 1. The number of benzene rings is 1. The summed E-state index contributed by atoms with van der Waals surface area (Å²) in [6, 6.07) is 8.57. The Balaban J connectivity index is 1.50. The molecule has 0 unspecified atom stereocenters. The predicted octanol–water partition coefficient (Wildman–Crippen LogP) is 3.79. The second-order valence-electron chi connectivity index (χ2n) is 6.47. The standard InChI is InChI=1S/C20H24FN3O2/c1-26-18-8-5-15(13-17(18)21)6-10-20(25)23-16-7-9-19(22-14-16)24-11-3-2-4-12-24/h5,7-9,13-14H,2-4,6,10-12H2,1H3,(H,23,25). The fraction of sp³-hybridized carbons (Fsp3) is 0.400. The van der Waals surface area contributed by atoms with Gasteiger partial charge in [0.2, 0.25) is 5.91 Å². The first-order valence-corrected chi connectivity index (χ1v) is 8.99. The van der Waals surface area contributed by atoms with E-state index in [0.717, 1.165) is 24.5 Å². The van der Waals surface area contributed by atoms with Gasteiger partial charge in [0, 0.05) is 19.5 Å². The molecule has 0 spiro atoms. The molecule has 1 aromatic carbocycles. The van der Waals surface area contributed by atoms with Gasteiger partial charge in [-0.1, -0.05) is 6.07 Å². The van der Waals surface area contributed by atoms with Gasteiger partial charge in [-0.2, -0.15) is 0 Å². The van der Waals surface area contributed by atoms with Crippen LogP contribution in [0.4, 0.5) is 15.9 Å². The number of aryl methyl sites for hydroxylation is 1. The van der Waals surface area contributed by atoms with E-state index >= 15 is 0 Å². The van der Waals surface area contributed by atoms with Crippen LogP contribution in [0.25, 0.3) is 0 Å². The van der Waals surface area contributed by atoms with E-state index in [1.54, 1.807) is 18.3 Å². The Morgan fingerprint density at radius 3 is 2.69 bits per heavy atom. The number of aromatic nitrogens is 1. The van der Waals surface area contributed by atoms with Crippen molar-refractivity contribution in [3.05, 3.63) is 47.9 Å². The molecule has 6 heteroatoms. The Kier molecular flexibility index (Phi) is 6.04. The van der Waals surface area contributed by atoms with Crippen molar-refractivity contribution in [3.8, 4) is 5.75 Å². The van der Waals surface area contributed by atoms with E-state index in [2.05, 4.69) is 15.2 Å². The predicted molar refractivity (Wildman–Crippen MR) is 100 cm³/mol. The number of methoxy groups -OCH3 is 1. The van der Waals surface area contributed by atoms with Gasteiger partial charge in [-0.25, -0.2) is 9.37 Å². The number of hydrogen-bond acceptors (Lipinski definition) is 4. The van der Waals surface area contributed by atoms with E-state index in [1.165, 1.54) is 32.4 Å². The molecule has 2 heterocycles. The van der Waals surface area contributed by atoms with E-state index in [4.69, 9.17) is 4.74 Å². The first-order valence-electron chi connectivity index (χ1n) is 8.99. The highest BCUT2D eigenvalue weighted by Gasteiger charge is 2.12. The minimum absolute atomic E-state index is 0.117. The number of carbonyl (C=O) groups excluding carboxylic acids is 1. The zero-order valence-electron chi connectivity index (χ0n) is 15.0. The minimum Gasteiger partial charge on any atom is -0.494 e. The topological polar surface area (TPSA) is 54.5 Å². The maximum Gasteiger partial charge on any atom is 0.224 e. The highest BCUT2D eigenvalue weighted by atomic mass is 19.1. The number of ether oxygens (including phenoxy) is 1. The smallest absolute Gasteiger partial charge is 0.224 e. The summed E-state index contributed by atoms with van der Waals surface area (Å²) < 4.78 is 18.6. The van der Waals surface area contributed by atoms with E-state index in [-0.39, 0.29) is 18.1 Å². The van der Waals surface area contributed by atoms with Gasteiger partial charge in [0.25, 0.3) is 0 Å². The zero-order chi connectivity index (χ0) is 18.4. The van der Waals surface area contributed by atoms with E-state index in [9.17, 15) is 9.18 Å². The van der Waals surface area contributed by atoms with E-state index in [0.29, 0.717) is 12.1 Å². The number of piperidine rings is 1. The van der Waals surface area contributed by atoms with Gasteiger partial charge in [0.1, 0.15) is 5.82 Å².